The van der Waals surface area contributed by atoms with Crippen LogP contribution in [0.2, 0.25) is 0 Å². The molecule has 1 aliphatic carbocycles. The largest absolute Gasteiger partial charge is 0.490 e. The Balaban J connectivity index is 1.77. The van der Waals surface area contributed by atoms with E-state index < -0.39 is 0 Å². The SMILES string of the molecule is CNC1CC(Oc2ccc3oc(C(C)(C)C)cc3c2)C1. The molecule has 2 aromatic rings. The van der Waals surface area contributed by atoms with Gasteiger partial charge in [-0.2, -0.15) is 0 Å². The van der Waals surface area contributed by atoms with E-state index in [9.17, 15) is 0 Å². The van der Waals surface area contributed by atoms with Crippen molar-refractivity contribution in [2.75, 3.05) is 7.05 Å². The lowest BCUT2D eigenvalue weighted by molar-refractivity contribution is 0.0886. The number of benzene rings is 1. The number of rotatable bonds is 3. The predicted molar refractivity (Wildman–Crippen MR) is 81.4 cm³/mol. The maximum Gasteiger partial charge on any atom is 0.134 e. The van der Waals surface area contributed by atoms with Gasteiger partial charge in [-0.1, -0.05) is 20.8 Å². The highest BCUT2D eigenvalue weighted by atomic mass is 16.5. The van der Waals surface area contributed by atoms with Gasteiger partial charge in [-0.25, -0.2) is 0 Å². The maximum atomic E-state index is 6.00. The first-order valence-corrected chi connectivity index (χ1v) is 7.34. The van der Waals surface area contributed by atoms with Crippen LogP contribution < -0.4 is 10.1 Å². The molecule has 1 saturated carbocycles. The van der Waals surface area contributed by atoms with Gasteiger partial charge in [-0.05, 0) is 44.2 Å². The lowest BCUT2D eigenvalue weighted by atomic mass is 9.89. The van der Waals surface area contributed by atoms with Crippen LogP contribution in [0.3, 0.4) is 0 Å². The molecule has 1 N–H and O–H groups in total. The van der Waals surface area contributed by atoms with Crippen LogP contribution in [-0.2, 0) is 5.41 Å². The van der Waals surface area contributed by atoms with E-state index in [1.165, 1.54) is 0 Å². The molecule has 0 saturated heterocycles. The third-order valence-corrected chi connectivity index (χ3v) is 4.03. The number of furan rings is 1. The summed E-state index contributed by atoms with van der Waals surface area (Å²) in [4.78, 5) is 0. The van der Waals surface area contributed by atoms with Crippen LogP contribution >= 0.6 is 0 Å². The molecule has 0 unspecified atom stereocenters. The van der Waals surface area contributed by atoms with Crippen molar-refractivity contribution in [3.63, 3.8) is 0 Å². The molecule has 20 heavy (non-hydrogen) atoms. The molecule has 0 aliphatic heterocycles. The van der Waals surface area contributed by atoms with E-state index in [1.54, 1.807) is 0 Å². The van der Waals surface area contributed by atoms with Crippen LogP contribution in [0.4, 0.5) is 0 Å². The van der Waals surface area contributed by atoms with Crippen LogP contribution in [0.25, 0.3) is 11.0 Å². The van der Waals surface area contributed by atoms with Crippen molar-refractivity contribution in [2.24, 2.45) is 0 Å². The van der Waals surface area contributed by atoms with Crippen LogP contribution in [0.1, 0.15) is 39.4 Å². The number of nitrogens with one attached hydrogen (secondary N) is 1. The van der Waals surface area contributed by atoms with Crippen molar-refractivity contribution < 1.29 is 9.15 Å². The molecule has 0 amide bonds. The van der Waals surface area contributed by atoms with Gasteiger partial charge in [0.2, 0.25) is 0 Å². The Bertz CT molecular complexity index is 603. The normalized spacial score (nSPS) is 22.8. The van der Waals surface area contributed by atoms with Crippen LogP contribution in [0.5, 0.6) is 5.75 Å². The highest BCUT2D eigenvalue weighted by Crippen LogP contribution is 2.32. The Morgan fingerprint density at radius 2 is 1.95 bits per heavy atom. The molecule has 3 nitrogen and oxygen atoms in total. The van der Waals surface area contributed by atoms with E-state index >= 15 is 0 Å². The molecule has 0 bridgehead atoms. The molecular weight excluding hydrogens is 250 g/mol. The molecule has 1 aliphatic rings. The van der Waals surface area contributed by atoms with E-state index in [0.29, 0.717) is 12.1 Å². The van der Waals surface area contributed by atoms with Crippen molar-refractivity contribution in [1.29, 1.82) is 0 Å². The lowest BCUT2D eigenvalue weighted by Gasteiger charge is -2.35. The van der Waals surface area contributed by atoms with Crippen molar-refractivity contribution >= 4 is 11.0 Å². The summed E-state index contributed by atoms with van der Waals surface area (Å²) in [6.45, 7) is 6.48. The first kappa shape index (κ1) is 13.5. The zero-order chi connectivity index (χ0) is 14.3. The van der Waals surface area contributed by atoms with Gasteiger partial charge >= 0.3 is 0 Å². The smallest absolute Gasteiger partial charge is 0.134 e. The summed E-state index contributed by atoms with van der Waals surface area (Å²) < 4.78 is 11.9. The molecule has 108 valence electrons. The molecule has 0 spiro atoms. The monoisotopic (exact) mass is 273 g/mol. The van der Waals surface area contributed by atoms with Gasteiger partial charge in [0, 0.05) is 16.8 Å². The highest BCUT2D eigenvalue weighted by molar-refractivity contribution is 5.79. The molecule has 0 atom stereocenters. The summed E-state index contributed by atoms with van der Waals surface area (Å²) in [5.74, 6) is 1.96. The van der Waals surface area contributed by atoms with Crippen molar-refractivity contribution in [3.8, 4) is 5.75 Å². The summed E-state index contributed by atoms with van der Waals surface area (Å²) in [5.41, 5.74) is 0.970. The Kier molecular flexibility index (Phi) is 3.25. The van der Waals surface area contributed by atoms with Gasteiger partial charge in [-0.15, -0.1) is 0 Å². The fraction of sp³-hybridized carbons (Fsp3) is 0.529. The molecule has 1 heterocycles. The average Bonchev–Trinajstić information content (AvgIpc) is 2.76. The van der Waals surface area contributed by atoms with Crippen LogP contribution in [0.15, 0.2) is 28.7 Å². The topological polar surface area (TPSA) is 34.4 Å². The standard InChI is InChI=1S/C17H23NO2/c1-17(2,3)16-8-11-7-13(5-6-15(11)20-16)19-14-9-12(10-14)18-4/h5-8,12,14,18H,9-10H2,1-4H3. The van der Waals surface area contributed by atoms with E-state index in [0.717, 1.165) is 35.3 Å². The van der Waals surface area contributed by atoms with E-state index in [4.69, 9.17) is 9.15 Å². The maximum absolute atomic E-state index is 6.00. The second kappa shape index (κ2) is 4.81. The molecule has 1 fully saturated rings. The Labute approximate surface area is 120 Å². The second-order valence-electron chi connectivity index (χ2n) is 6.76. The fourth-order valence-corrected chi connectivity index (χ4v) is 2.55. The number of hydrogen-bond acceptors (Lipinski definition) is 3. The summed E-state index contributed by atoms with van der Waals surface area (Å²) in [7, 11) is 2.01. The number of hydrogen-bond donors (Lipinski definition) is 1. The molecular formula is C17H23NO2. The first-order chi connectivity index (χ1) is 9.45. The van der Waals surface area contributed by atoms with Crippen LogP contribution in [0, 0.1) is 0 Å². The Morgan fingerprint density at radius 1 is 1.20 bits per heavy atom. The minimum atomic E-state index is 0.0357. The Morgan fingerprint density at radius 3 is 2.60 bits per heavy atom. The highest BCUT2D eigenvalue weighted by Gasteiger charge is 2.29. The van der Waals surface area contributed by atoms with Gasteiger partial charge < -0.3 is 14.5 Å². The van der Waals surface area contributed by atoms with Gasteiger partial charge in [0.15, 0.2) is 0 Å². The molecule has 1 aromatic heterocycles. The van der Waals surface area contributed by atoms with Gasteiger partial charge in [-0.3, -0.25) is 0 Å². The zero-order valence-corrected chi connectivity index (χ0v) is 12.7. The first-order valence-electron chi connectivity index (χ1n) is 7.34. The summed E-state index contributed by atoms with van der Waals surface area (Å²) >= 11 is 0. The van der Waals surface area contributed by atoms with E-state index in [1.807, 2.05) is 19.2 Å². The zero-order valence-electron chi connectivity index (χ0n) is 12.7. The Hall–Kier alpha value is -1.48. The fourth-order valence-electron chi connectivity index (χ4n) is 2.55. The van der Waals surface area contributed by atoms with Gasteiger partial charge in [0.1, 0.15) is 23.2 Å². The average molecular weight is 273 g/mol. The van der Waals surface area contributed by atoms with Crippen LogP contribution in [-0.4, -0.2) is 19.2 Å². The third kappa shape index (κ3) is 2.55. The van der Waals surface area contributed by atoms with E-state index in [-0.39, 0.29) is 5.41 Å². The minimum absolute atomic E-state index is 0.0357. The summed E-state index contributed by atoms with van der Waals surface area (Å²) in [6, 6.07) is 8.84. The number of fused-ring (bicyclic) bond motifs is 1. The second-order valence-corrected chi connectivity index (χ2v) is 6.76. The quantitative estimate of drug-likeness (QED) is 0.922. The van der Waals surface area contributed by atoms with Crippen molar-refractivity contribution in [2.45, 2.75) is 51.2 Å². The van der Waals surface area contributed by atoms with Gasteiger partial charge in [0.25, 0.3) is 0 Å². The number of ether oxygens (including phenoxy) is 1. The van der Waals surface area contributed by atoms with Crippen molar-refractivity contribution in [1.82, 2.24) is 5.32 Å². The summed E-state index contributed by atoms with van der Waals surface area (Å²) in [5, 5.41) is 4.39. The molecule has 0 radical (unpaired) electrons. The van der Waals surface area contributed by atoms with Gasteiger partial charge in [0.05, 0.1) is 0 Å². The van der Waals surface area contributed by atoms with Crippen molar-refractivity contribution in [3.05, 3.63) is 30.0 Å². The molecule has 3 heteroatoms. The minimum Gasteiger partial charge on any atom is -0.490 e. The van der Waals surface area contributed by atoms with E-state index in [2.05, 4.69) is 38.2 Å². The lowest BCUT2D eigenvalue weighted by Crippen LogP contribution is -2.45. The molecule has 1 aromatic carbocycles. The predicted octanol–water partition coefficient (Wildman–Crippen LogP) is 3.86. The summed E-state index contributed by atoms with van der Waals surface area (Å²) in [6.07, 6.45) is 2.53. The third-order valence-electron chi connectivity index (χ3n) is 4.03. The molecule has 3 rings (SSSR count).